The number of ether oxygens (including phenoxy) is 2. The van der Waals surface area contributed by atoms with Gasteiger partial charge in [0.15, 0.2) is 13.2 Å². The lowest BCUT2D eigenvalue weighted by Gasteiger charge is -2.26. The van der Waals surface area contributed by atoms with Crippen molar-refractivity contribution in [1.29, 1.82) is 0 Å². The Morgan fingerprint density at radius 1 is 0.833 bits per heavy atom. The monoisotopic (exact) mass is 404 g/mol. The summed E-state index contributed by atoms with van der Waals surface area (Å²) in [4.78, 5) is 58.6. The van der Waals surface area contributed by atoms with Crippen LogP contribution in [0.3, 0.4) is 0 Å². The Bertz CT molecular complexity index is 517. The topological polar surface area (TPSA) is 173 Å². The Kier molecular flexibility index (Phi) is 7.55. The standard InChI is InChI=1S/C8H12F4O10P2/c9-7(10,23(15,16)17)3-21-5(13)1-2-6(14)22-4-8(11,12)24(18,19)20/h1-4H2,(H2,15,16,17)(H2,18,19,20)/p-2. The van der Waals surface area contributed by atoms with Gasteiger partial charge in [0.1, 0.15) is 0 Å². The van der Waals surface area contributed by atoms with E-state index in [2.05, 4.69) is 9.47 Å². The van der Waals surface area contributed by atoms with E-state index in [1.54, 1.807) is 0 Å². The van der Waals surface area contributed by atoms with Gasteiger partial charge in [-0.3, -0.25) is 9.59 Å². The van der Waals surface area contributed by atoms with E-state index in [4.69, 9.17) is 9.79 Å². The Labute approximate surface area is 131 Å². The van der Waals surface area contributed by atoms with Crippen LogP contribution in [-0.2, 0) is 28.2 Å². The molecule has 24 heavy (non-hydrogen) atoms. The van der Waals surface area contributed by atoms with Crippen LogP contribution in [0.2, 0.25) is 0 Å². The molecule has 0 amide bonds. The van der Waals surface area contributed by atoms with Crippen molar-refractivity contribution in [3.05, 3.63) is 0 Å². The van der Waals surface area contributed by atoms with Crippen molar-refractivity contribution in [2.24, 2.45) is 0 Å². The number of rotatable bonds is 9. The Morgan fingerprint density at radius 2 is 1.08 bits per heavy atom. The average Bonchev–Trinajstić information content (AvgIpc) is 2.38. The molecular formula is C8H10F4O10P2-2. The molecule has 0 saturated carbocycles. The molecule has 0 heterocycles. The van der Waals surface area contributed by atoms with Crippen molar-refractivity contribution >= 4 is 27.1 Å². The average molecular weight is 404 g/mol. The summed E-state index contributed by atoms with van der Waals surface area (Å²) >= 11 is 0. The van der Waals surface area contributed by atoms with Gasteiger partial charge < -0.3 is 38.2 Å². The van der Waals surface area contributed by atoms with E-state index in [9.17, 15) is 46.1 Å². The first-order valence-corrected chi connectivity index (χ1v) is 8.80. The minimum Gasteiger partial charge on any atom is -0.774 e. The van der Waals surface area contributed by atoms with Crippen LogP contribution in [0.1, 0.15) is 12.8 Å². The summed E-state index contributed by atoms with van der Waals surface area (Å²) in [6, 6.07) is 0. The number of hydrogen-bond acceptors (Lipinski definition) is 8. The second kappa shape index (κ2) is 7.89. The molecular weight excluding hydrogens is 394 g/mol. The molecule has 0 aromatic heterocycles. The number of carbonyl (C=O) groups excluding carboxylic acids is 2. The second-order valence-corrected chi connectivity index (χ2v) is 7.58. The predicted molar refractivity (Wildman–Crippen MR) is 60.7 cm³/mol. The van der Waals surface area contributed by atoms with Gasteiger partial charge in [0, 0.05) is 0 Å². The first-order valence-electron chi connectivity index (χ1n) is 5.64. The van der Waals surface area contributed by atoms with Crippen LogP contribution in [0, 0.1) is 0 Å². The van der Waals surface area contributed by atoms with Gasteiger partial charge in [-0.15, -0.1) is 0 Å². The van der Waals surface area contributed by atoms with Crippen LogP contribution in [0.25, 0.3) is 0 Å². The quantitative estimate of drug-likeness (QED) is 0.279. The number of alkyl halides is 4. The SMILES string of the molecule is O=C(CCC(=O)OCC(F)(F)P(=O)([O-])O)OCC(F)(F)P(=O)([O-])O. The van der Waals surface area contributed by atoms with E-state index >= 15 is 0 Å². The van der Waals surface area contributed by atoms with Gasteiger partial charge in [0.25, 0.3) is 0 Å². The number of esters is 2. The summed E-state index contributed by atoms with van der Waals surface area (Å²) in [5, 5.41) is 0. The summed E-state index contributed by atoms with van der Waals surface area (Å²) in [5.74, 6) is -3.10. The first kappa shape index (κ1) is 23.0. The van der Waals surface area contributed by atoms with E-state index in [1.165, 1.54) is 0 Å². The van der Waals surface area contributed by atoms with E-state index in [0.717, 1.165) is 0 Å². The summed E-state index contributed by atoms with van der Waals surface area (Å²) in [7, 11) is -12.2. The molecule has 0 spiro atoms. The molecule has 0 saturated heterocycles. The second-order valence-electron chi connectivity index (χ2n) is 4.19. The third-order valence-corrected chi connectivity index (χ3v) is 4.09. The summed E-state index contributed by atoms with van der Waals surface area (Å²) in [6.45, 7) is -4.08. The van der Waals surface area contributed by atoms with Gasteiger partial charge in [-0.2, -0.15) is 17.6 Å². The Morgan fingerprint density at radius 3 is 1.29 bits per heavy atom. The van der Waals surface area contributed by atoms with Crippen LogP contribution < -0.4 is 9.79 Å². The third kappa shape index (κ3) is 7.24. The summed E-state index contributed by atoms with van der Waals surface area (Å²) in [6.07, 6.45) is -1.99. The lowest BCUT2D eigenvalue weighted by molar-refractivity contribution is -0.221. The summed E-state index contributed by atoms with van der Waals surface area (Å²) < 4.78 is 78.8. The zero-order valence-corrected chi connectivity index (χ0v) is 13.2. The fraction of sp³-hybridized carbons (Fsp3) is 0.750. The molecule has 0 bridgehead atoms. The highest BCUT2D eigenvalue weighted by atomic mass is 31.2. The van der Waals surface area contributed by atoms with Crippen LogP contribution in [-0.4, -0.2) is 46.3 Å². The zero-order chi connectivity index (χ0) is 19.4. The minimum atomic E-state index is -6.12. The molecule has 0 radical (unpaired) electrons. The van der Waals surface area contributed by atoms with Gasteiger partial charge >= 0.3 is 23.3 Å². The largest absolute Gasteiger partial charge is 0.774 e. The molecule has 16 heteroatoms. The molecule has 2 unspecified atom stereocenters. The molecule has 0 aliphatic carbocycles. The van der Waals surface area contributed by atoms with Crippen LogP contribution in [0.4, 0.5) is 17.6 Å². The molecule has 10 nitrogen and oxygen atoms in total. The molecule has 142 valence electrons. The van der Waals surface area contributed by atoms with E-state index in [-0.39, 0.29) is 0 Å². The highest BCUT2D eigenvalue weighted by Gasteiger charge is 2.43. The van der Waals surface area contributed by atoms with Crippen molar-refractivity contribution in [2.45, 2.75) is 24.2 Å². The lowest BCUT2D eigenvalue weighted by atomic mass is 10.3. The van der Waals surface area contributed by atoms with Gasteiger partial charge in [-0.05, 0) is 0 Å². The molecule has 2 N–H and O–H groups in total. The van der Waals surface area contributed by atoms with E-state index in [0.29, 0.717) is 0 Å². The number of carbonyl (C=O) groups is 2. The smallest absolute Gasteiger partial charge is 0.341 e. The van der Waals surface area contributed by atoms with Crippen LogP contribution in [0.5, 0.6) is 0 Å². The van der Waals surface area contributed by atoms with Crippen LogP contribution >= 0.6 is 15.2 Å². The van der Waals surface area contributed by atoms with Gasteiger partial charge in [-0.1, -0.05) is 0 Å². The van der Waals surface area contributed by atoms with Gasteiger partial charge in [-0.25, -0.2) is 0 Å². The Balaban J connectivity index is 4.28. The number of halogens is 4. The predicted octanol–water partition coefficient (Wildman–Crippen LogP) is -0.870. The van der Waals surface area contributed by atoms with E-state index in [1.807, 2.05) is 0 Å². The van der Waals surface area contributed by atoms with Crippen molar-refractivity contribution in [2.75, 3.05) is 13.2 Å². The molecule has 0 aliphatic rings. The third-order valence-electron chi connectivity index (χ3n) is 2.17. The minimum absolute atomic E-state index is 0.997. The molecule has 0 aromatic carbocycles. The fourth-order valence-electron chi connectivity index (χ4n) is 0.846. The fourth-order valence-corrected chi connectivity index (χ4v) is 1.30. The maximum absolute atomic E-state index is 12.7. The maximum Gasteiger partial charge on any atom is 0.341 e. The lowest BCUT2D eigenvalue weighted by Crippen LogP contribution is -2.31. The van der Waals surface area contributed by atoms with Gasteiger partial charge in [0.2, 0.25) is 15.2 Å². The number of hydrogen-bond donors (Lipinski definition) is 2. The molecule has 0 fully saturated rings. The van der Waals surface area contributed by atoms with Crippen LogP contribution in [0.15, 0.2) is 0 Å². The Hall–Kier alpha value is -1.04. The van der Waals surface area contributed by atoms with Crippen molar-refractivity contribution in [3.63, 3.8) is 0 Å². The molecule has 2 atom stereocenters. The van der Waals surface area contributed by atoms with Crippen molar-refractivity contribution in [1.82, 2.24) is 0 Å². The van der Waals surface area contributed by atoms with Crippen molar-refractivity contribution in [3.8, 4) is 0 Å². The molecule has 0 aliphatic heterocycles. The zero-order valence-electron chi connectivity index (χ0n) is 11.4. The highest BCUT2D eigenvalue weighted by Crippen LogP contribution is 2.49. The van der Waals surface area contributed by atoms with Crippen molar-refractivity contribution < 1.29 is 65.3 Å². The first-order chi connectivity index (χ1) is 10.5. The summed E-state index contributed by atoms with van der Waals surface area (Å²) in [5.41, 5.74) is -9.52. The molecule has 0 aromatic rings. The maximum atomic E-state index is 12.7. The molecule has 0 rings (SSSR count). The highest BCUT2D eigenvalue weighted by molar-refractivity contribution is 7.51. The van der Waals surface area contributed by atoms with Gasteiger partial charge in [0.05, 0.1) is 12.8 Å². The van der Waals surface area contributed by atoms with E-state index < -0.39 is 64.5 Å². The normalized spacial score (nSPS) is 17.5.